The summed E-state index contributed by atoms with van der Waals surface area (Å²) in [7, 11) is 0. The molecule has 1 heterocycles. The molecule has 1 unspecified atom stereocenters. The summed E-state index contributed by atoms with van der Waals surface area (Å²) in [4.78, 5) is 28.1. The third-order valence-corrected chi connectivity index (χ3v) is 6.35. The zero-order valence-corrected chi connectivity index (χ0v) is 21.5. The number of nitrogens with zero attached hydrogens (tertiary/aromatic N) is 1. The summed E-state index contributed by atoms with van der Waals surface area (Å²) < 4.78 is 11.4. The van der Waals surface area contributed by atoms with Crippen LogP contribution in [0.3, 0.4) is 0 Å². The van der Waals surface area contributed by atoms with Crippen molar-refractivity contribution in [2.45, 2.75) is 32.9 Å². The molecule has 1 amide bonds. The molecule has 6 nitrogen and oxygen atoms in total. The van der Waals surface area contributed by atoms with Crippen molar-refractivity contribution in [3.05, 3.63) is 93.5 Å². The molecule has 0 aromatic heterocycles. The van der Waals surface area contributed by atoms with Crippen molar-refractivity contribution in [1.82, 2.24) is 0 Å². The molecule has 1 N–H and O–H groups in total. The van der Waals surface area contributed by atoms with E-state index in [2.05, 4.69) is 0 Å². The molecule has 0 aliphatic carbocycles. The first-order valence-electron chi connectivity index (χ1n) is 11.5. The van der Waals surface area contributed by atoms with Crippen molar-refractivity contribution in [3.63, 3.8) is 0 Å². The van der Waals surface area contributed by atoms with E-state index in [0.717, 1.165) is 0 Å². The number of Topliss-reactive ketones (excluding diaryl/α,β-unsaturated/α-hetero) is 1. The number of ether oxygens (including phenoxy) is 2. The quantitative estimate of drug-likeness (QED) is 0.208. The van der Waals surface area contributed by atoms with Crippen LogP contribution in [-0.4, -0.2) is 29.5 Å². The molecule has 36 heavy (non-hydrogen) atoms. The third-order valence-electron chi connectivity index (χ3n) is 5.61. The molecule has 8 heteroatoms. The van der Waals surface area contributed by atoms with Gasteiger partial charge >= 0.3 is 0 Å². The lowest BCUT2D eigenvalue weighted by atomic mass is 9.95. The highest BCUT2D eigenvalue weighted by atomic mass is 35.5. The lowest BCUT2D eigenvalue weighted by Crippen LogP contribution is -2.29. The Morgan fingerprint density at radius 1 is 0.972 bits per heavy atom. The Morgan fingerprint density at radius 2 is 1.69 bits per heavy atom. The predicted molar refractivity (Wildman–Crippen MR) is 141 cm³/mol. The van der Waals surface area contributed by atoms with Crippen molar-refractivity contribution in [2.24, 2.45) is 0 Å². The first kappa shape index (κ1) is 25.6. The van der Waals surface area contributed by atoms with E-state index in [1.807, 2.05) is 20.8 Å². The van der Waals surface area contributed by atoms with Gasteiger partial charge in [0, 0.05) is 11.3 Å². The van der Waals surface area contributed by atoms with Crippen molar-refractivity contribution >= 4 is 46.3 Å². The number of aliphatic hydroxyl groups excluding tert-OH is 1. The van der Waals surface area contributed by atoms with E-state index in [4.69, 9.17) is 32.7 Å². The average molecular weight is 526 g/mol. The molecule has 0 spiro atoms. The molecular formula is C28H25Cl2NO5. The Kier molecular flexibility index (Phi) is 7.57. The molecular weight excluding hydrogens is 501 g/mol. The number of hydrogen-bond donors (Lipinski definition) is 1. The Labute approximate surface area is 219 Å². The highest BCUT2D eigenvalue weighted by Gasteiger charge is 2.47. The predicted octanol–water partition coefficient (Wildman–Crippen LogP) is 6.81. The maximum absolute atomic E-state index is 13.4. The summed E-state index contributed by atoms with van der Waals surface area (Å²) in [6.45, 7) is 6.18. The fourth-order valence-corrected chi connectivity index (χ4v) is 4.41. The van der Waals surface area contributed by atoms with Crippen LogP contribution in [0.1, 0.15) is 37.9 Å². The van der Waals surface area contributed by atoms with Gasteiger partial charge in [0.15, 0.2) is 0 Å². The molecule has 1 aliphatic heterocycles. The van der Waals surface area contributed by atoms with Gasteiger partial charge < -0.3 is 14.6 Å². The van der Waals surface area contributed by atoms with Gasteiger partial charge in [-0.3, -0.25) is 14.5 Å². The minimum atomic E-state index is -0.909. The van der Waals surface area contributed by atoms with Gasteiger partial charge in [-0.25, -0.2) is 0 Å². The van der Waals surface area contributed by atoms with E-state index >= 15 is 0 Å². The summed E-state index contributed by atoms with van der Waals surface area (Å²) in [5, 5.41) is 11.8. The molecule has 186 valence electrons. The van der Waals surface area contributed by atoms with E-state index < -0.39 is 17.7 Å². The molecule has 3 aromatic carbocycles. The maximum atomic E-state index is 13.4. The van der Waals surface area contributed by atoms with Crippen molar-refractivity contribution in [3.8, 4) is 11.5 Å². The van der Waals surface area contributed by atoms with Gasteiger partial charge in [0.05, 0.1) is 34.4 Å². The van der Waals surface area contributed by atoms with Crippen LogP contribution in [-0.2, 0) is 9.59 Å². The zero-order chi connectivity index (χ0) is 26.0. The third kappa shape index (κ3) is 5.06. The second-order valence-corrected chi connectivity index (χ2v) is 9.28. The molecule has 1 aliphatic rings. The summed E-state index contributed by atoms with van der Waals surface area (Å²) in [6, 6.07) is 17.6. The van der Waals surface area contributed by atoms with Gasteiger partial charge in [0.2, 0.25) is 0 Å². The van der Waals surface area contributed by atoms with Crippen molar-refractivity contribution in [2.75, 3.05) is 11.5 Å². The zero-order valence-electron chi connectivity index (χ0n) is 20.0. The van der Waals surface area contributed by atoms with Gasteiger partial charge in [0.1, 0.15) is 17.3 Å². The molecule has 0 saturated carbocycles. The van der Waals surface area contributed by atoms with Gasteiger partial charge in [-0.15, -0.1) is 0 Å². The van der Waals surface area contributed by atoms with Gasteiger partial charge in [0.25, 0.3) is 11.7 Å². The van der Waals surface area contributed by atoms with Crippen LogP contribution in [0, 0.1) is 0 Å². The first-order chi connectivity index (χ1) is 17.2. The molecule has 0 bridgehead atoms. The molecule has 1 saturated heterocycles. The fraction of sp³-hybridized carbons (Fsp3) is 0.214. The van der Waals surface area contributed by atoms with E-state index in [0.29, 0.717) is 34.4 Å². The number of ketones is 1. The normalized spacial score (nSPS) is 17.1. The van der Waals surface area contributed by atoms with E-state index in [-0.39, 0.29) is 28.0 Å². The molecule has 0 radical (unpaired) electrons. The number of hydrogen-bond acceptors (Lipinski definition) is 5. The number of carbonyl (C=O) groups is 2. The van der Waals surface area contributed by atoms with Crippen LogP contribution < -0.4 is 14.4 Å². The lowest BCUT2D eigenvalue weighted by Gasteiger charge is -2.26. The Hall–Kier alpha value is -3.48. The molecule has 3 aromatic rings. The summed E-state index contributed by atoms with van der Waals surface area (Å²) in [6.07, 6.45) is -0.0751. The van der Waals surface area contributed by atoms with E-state index in [9.17, 15) is 14.7 Å². The topological polar surface area (TPSA) is 76.1 Å². The maximum Gasteiger partial charge on any atom is 0.300 e. The van der Waals surface area contributed by atoms with Crippen LogP contribution >= 0.6 is 23.2 Å². The van der Waals surface area contributed by atoms with Crippen LogP contribution in [0.4, 0.5) is 5.69 Å². The van der Waals surface area contributed by atoms with E-state index in [1.54, 1.807) is 54.6 Å². The van der Waals surface area contributed by atoms with Crippen LogP contribution in [0.15, 0.2) is 72.3 Å². The molecule has 1 fully saturated rings. The van der Waals surface area contributed by atoms with Crippen molar-refractivity contribution in [1.29, 1.82) is 0 Å². The van der Waals surface area contributed by atoms with Crippen LogP contribution in [0.2, 0.25) is 10.0 Å². The Morgan fingerprint density at radius 3 is 2.33 bits per heavy atom. The van der Waals surface area contributed by atoms with E-state index in [1.165, 1.54) is 17.0 Å². The minimum absolute atomic E-state index is 0.0611. The number of aliphatic hydroxyl groups is 1. The second-order valence-electron chi connectivity index (χ2n) is 8.46. The molecule has 4 rings (SSSR count). The van der Waals surface area contributed by atoms with Gasteiger partial charge in [-0.2, -0.15) is 0 Å². The number of amides is 1. The lowest BCUT2D eigenvalue weighted by molar-refractivity contribution is -0.132. The second kappa shape index (κ2) is 10.6. The average Bonchev–Trinajstić information content (AvgIpc) is 3.11. The number of halogens is 2. The highest BCUT2D eigenvalue weighted by Crippen LogP contribution is 2.43. The SMILES string of the molecule is CCOc1ccc(N2C(=O)C(=O)/C(=C(\O)c3ccc(Cl)c(Cl)c3)C2c2cccc(OC(C)C)c2)cc1. The van der Waals surface area contributed by atoms with Gasteiger partial charge in [-0.1, -0.05) is 35.3 Å². The smallest absolute Gasteiger partial charge is 0.300 e. The highest BCUT2D eigenvalue weighted by molar-refractivity contribution is 6.51. The number of benzene rings is 3. The number of carbonyl (C=O) groups excluding carboxylic acids is 2. The van der Waals surface area contributed by atoms with Gasteiger partial charge in [-0.05, 0) is 80.9 Å². The molecule has 1 atom stereocenters. The Bertz CT molecular complexity index is 1330. The number of anilines is 1. The summed E-state index contributed by atoms with van der Waals surface area (Å²) in [5.41, 5.74) is 1.29. The Balaban J connectivity index is 1.90. The first-order valence-corrected chi connectivity index (χ1v) is 12.2. The van der Waals surface area contributed by atoms with Crippen LogP contribution in [0.25, 0.3) is 5.76 Å². The summed E-state index contributed by atoms with van der Waals surface area (Å²) in [5.74, 6) is -0.707. The monoisotopic (exact) mass is 525 g/mol. The van der Waals surface area contributed by atoms with Crippen molar-refractivity contribution < 1.29 is 24.2 Å². The summed E-state index contributed by atoms with van der Waals surface area (Å²) >= 11 is 12.2. The largest absolute Gasteiger partial charge is 0.507 e. The fourth-order valence-electron chi connectivity index (χ4n) is 4.11. The van der Waals surface area contributed by atoms with Crippen LogP contribution in [0.5, 0.6) is 11.5 Å². The number of rotatable bonds is 7. The minimum Gasteiger partial charge on any atom is -0.507 e. The standard InChI is InChI=1S/C28H25Cl2NO5/c1-4-35-20-11-9-19(10-12-20)31-25(17-6-5-7-21(14-17)36-16(2)3)24(27(33)28(31)34)26(32)18-8-13-22(29)23(30)15-18/h5-16,25,32H,4H2,1-3H3/b26-24-.